The van der Waals surface area contributed by atoms with Gasteiger partial charge in [0.05, 0.1) is 33.2 Å². The van der Waals surface area contributed by atoms with Crippen molar-refractivity contribution in [2.75, 3.05) is 23.4 Å². The van der Waals surface area contributed by atoms with Crippen LogP contribution in [-0.2, 0) is 19.4 Å². The van der Waals surface area contributed by atoms with Crippen LogP contribution in [-0.4, -0.2) is 39.4 Å². The Kier molecular flexibility index (Phi) is 6.69. The molecule has 1 aliphatic rings. The van der Waals surface area contributed by atoms with Gasteiger partial charge in [-0.15, -0.1) is 0 Å². The van der Waals surface area contributed by atoms with Crippen molar-refractivity contribution in [1.29, 1.82) is 0 Å². The maximum absolute atomic E-state index is 13.6. The average Bonchev–Trinajstić information content (AvgIpc) is 2.89. The van der Waals surface area contributed by atoms with Gasteiger partial charge in [-0.3, -0.25) is 14.5 Å². The largest absolute Gasteiger partial charge is 0.462 e. The molecule has 1 N–H and O–H groups in total. The Morgan fingerprint density at radius 3 is 2.28 bits per heavy atom. The second-order valence-corrected chi connectivity index (χ2v) is 10.5. The predicted molar refractivity (Wildman–Crippen MR) is 135 cm³/mol. The summed E-state index contributed by atoms with van der Waals surface area (Å²) in [6.07, 6.45) is 0. The average molecular weight is 507 g/mol. The molecular weight excluding hydrogens is 480 g/mol. The number of rotatable bonds is 5. The zero-order chi connectivity index (χ0) is 26.2. The predicted octanol–water partition coefficient (Wildman–Crippen LogP) is 4.22. The first kappa shape index (κ1) is 25.1. The summed E-state index contributed by atoms with van der Waals surface area (Å²) >= 11 is 0. The molecule has 0 bridgehead atoms. The van der Waals surface area contributed by atoms with Crippen LogP contribution < -0.4 is 10.2 Å². The Hall–Kier alpha value is -3.98. The van der Waals surface area contributed by atoms with E-state index in [1.54, 1.807) is 13.0 Å². The van der Waals surface area contributed by atoms with Crippen LogP contribution in [0.3, 0.4) is 0 Å². The summed E-state index contributed by atoms with van der Waals surface area (Å²) in [5, 5.41) is 2.85. The molecule has 9 heteroatoms. The first-order valence-electron chi connectivity index (χ1n) is 11.4. The molecule has 36 heavy (non-hydrogen) atoms. The molecule has 4 rings (SSSR count). The molecule has 0 aliphatic carbocycles. The lowest BCUT2D eigenvalue weighted by Crippen LogP contribution is -2.38. The fraction of sp³-hybridized carbons (Fsp3) is 0.222. The molecule has 8 nitrogen and oxygen atoms in total. The first-order valence-corrected chi connectivity index (χ1v) is 12.9. The molecule has 0 saturated heterocycles. The summed E-state index contributed by atoms with van der Waals surface area (Å²) in [6, 6.07) is 13.6. The third kappa shape index (κ3) is 4.49. The molecule has 0 radical (unpaired) electrons. The van der Waals surface area contributed by atoms with E-state index < -0.39 is 34.2 Å². The van der Waals surface area contributed by atoms with E-state index >= 15 is 0 Å². The number of esters is 1. The third-order valence-electron chi connectivity index (χ3n) is 5.95. The molecule has 0 aromatic heterocycles. The van der Waals surface area contributed by atoms with E-state index in [0.717, 1.165) is 21.6 Å². The Labute approximate surface area is 209 Å². The second-order valence-electron chi connectivity index (χ2n) is 8.62. The monoisotopic (exact) mass is 506 g/mol. The fourth-order valence-electron chi connectivity index (χ4n) is 4.40. The van der Waals surface area contributed by atoms with Gasteiger partial charge in [-0.1, -0.05) is 29.8 Å². The summed E-state index contributed by atoms with van der Waals surface area (Å²) in [5.41, 5.74) is 3.35. The number of ether oxygens (including phenoxy) is 1. The molecule has 0 fully saturated rings. The number of nitrogens with one attached hydrogen (secondary N) is 1. The van der Waals surface area contributed by atoms with Crippen LogP contribution in [0.25, 0.3) is 0 Å². The van der Waals surface area contributed by atoms with Crippen LogP contribution in [0.5, 0.6) is 0 Å². The number of hydrogen-bond acceptors (Lipinski definition) is 6. The van der Waals surface area contributed by atoms with Crippen molar-refractivity contribution in [3.63, 3.8) is 0 Å². The summed E-state index contributed by atoms with van der Waals surface area (Å²) in [4.78, 5) is 40.0. The van der Waals surface area contributed by atoms with Gasteiger partial charge in [0.1, 0.15) is 6.54 Å². The lowest BCUT2D eigenvalue weighted by molar-refractivity contribution is -0.114. The van der Waals surface area contributed by atoms with E-state index in [1.165, 1.54) is 36.4 Å². The highest BCUT2D eigenvalue weighted by atomic mass is 32.2. The van der Waals surface area contributed by atoms with Crippen LogP contribution in [0.15, 0.2) is 64.4 Å². The Balaban J connectivity index is 1.83. The molecule has 0 unspecified atom stereocenters. The van der Waals surface area contributed by atoms with Crippen molar-refractivity contribution in [2.24, 2.45) is 0 Å². The summed E-state index contributed by atoms with van der Waals surface area (Å²) in [5.74, 6) is -1.84. The number of fused-ring (bicyclic) bond motifs is 2. The van der Waals surface area contributed by atoms with E-state index in [0.29, 0.717) is 5.69 Å². The number of benzene rings is 3. The van der Waals surface area contributed by atoms with Crippen molar-refractivity contribution in [2.45, 2.75) is 37.5 Å². The molecule has 2 amide bonds. The van der Waals surface area contributed by atoms with Gasteiger partial charge in [0, 0.05) is 5.69 Å². The smallest absolute Gasteiger partial charge is 0.338 e. The van der Waals surface area contributed by atoms with E-state index in [9.17, 15) is 22.8 Å². The summed E-state index contributed by atoms with van der Waals surface area (Å²) < 4.78 is 32.1. The lowest BCUT2D eigenvalue weighted by Gasteiger charge is -2.23. The van der Waals surface area contributed by atoms with Gasteiger partial charge in [0.15, 0.2) is 0 Å². The van der Waals surface area contributed by atoms with Crippen molar-refractivity contribution >= 4 is 39.0 Å². The van der Waals surface area contributed by atoms with Gasteiger partial charge in [0.2, 0.25) is 15.7 Å². The molecular formula is C27H26N2O6S. The fourth-order valence-corrected chi connectivity index (χ4v) is 6.04. The Morgan fingerprint density at radius 1 is 0.944 bits per heavy atom. The number of carbonyl (C=O) groups is 3. The summed E-state index contributed by atoms with van der Waals surface area (Å²) in [6.45, 7) is 7.01. The number of anilines is 2. The quantitative estimate of drug-likeness (QED) is 0.519. The Bertz CT molecular complexity index is 1490. The minimum atomic E-state index is -4.12. The highest BCUT2D eigenvalue weighted by Gasteiger charge is 2.37. The zero-order valence-corrected chi connectivity index (χ0v) is 21.2. The van der Waals surface area contributed by atoms with Crippen molar-refractivity contribution < 1.29 is 27.5 Å². The van der Waals surface area contributed by atoms with Gasteiger partial charge in [0.25, 0.3) is 5.91 Å². The number of amides is 2. The van der Waals surface area contributed by atoms with E-state index in [-0.39, 0.29) is 33.2 Å². The number of carbonyl (C=O) groups excluding carboxylic acids is 3. The molecule has 1 aliphatic heterocycles. The van der Waals surface area contributed by atoms with Gasteiger partial charge in [-0.25, -0.2) is 13.2 Å². The van der Waals surface area contributed by atoms with E-state index in [4.69, 9.17) is 4.74 Å². The maximum Gasteiger partial charge on any atom is 0.338 e. The zero-order valence-electron chi connectivity index (χ0n) is 20.4. The number of hydrogen-bond donors (Lipinski definition) is 1. The van der Waals surface area contributed by atoms with Gasteiger partial charge < -0.3 is 10.1 Å². The van der Waals surface area contributed by atoms with Crippen LogP contribution in [0.1, 0.15) is 44.3 Å². The second kappa shape index (κ2) is 9.58. The first-order chi connectivity index (χ1) is 17.0. The molecule has 3 aromatic rings. The highest BCUT2D eigenvalue weighted by molar-refractivity contribution is 7.91. The highest BCUT2D eigenvalue weighted by Crippen LogP contribution is 2.37. The summed E-state index contributed by atoms with van der Waals surface area (Å²) in [7, 11) is -4.12. The molecule has 186 valence electrons. The minimum absolute atomic E-state index is 0.0538. The maximum atomic E-state index is 13.6. The SMILES string of the molecule is CCOC(=O)c1ccc2c(c1)N(CC(=O)Nc1c(C)cc(C)cc1C)C(=O)c1ccccc1S2(=O)=O. The van der Waals surface area contributed by atoms with Gasteiger partial charge >= 0.3 is 5.97 Å². The number of sulfone groups is 1. The van der Waals surface area contributed by atoms with Crippen LogP contribution in [0.4, 0.5) is 11.4 Å². The Morgan fingerprint density at radius 2 is 1.61 bits per heavy atom. The van der Waals surface area contributed by atoms with Crippen molar-refractivity contribution in [1.82, 2.24) is 0 Å². The van der Waals surface area contributed by atoms with Crippen molar-refractivity contribution in [3.8, 4) is 0 Å². The number of nitrogens with zero attached hydrogens (tertiary/aromatic N) is 1. The van der Waals surface area contributed by atoms with E-state index in [2.05, 4.69) is 5.32 Å². The van der Waals surface area contributed by atoms with Gasteiger partial charge in [-0.05, 0) is 69.2 Å². The lowest BCUT2D eigenvalue weighted by atomic mass is 10.1. The molecule has 0 saturated carbocycles. The molecule has 1 heterocycles. The van der Waals surface area contributed by atoms with Crippen molar-refractivity contribution in [3.05, 3.63) is 82.4 Å². The number of aryl methyl sites for hydroxylation is 3. The normalized spacial score (nSPS) is 13.9. The van der Waals surface area contributed by atoms with Crippen LogP contribution in [0.2, 0.25) is 0 Å². The minimum Gasteiger partial charge on any atom is -0.462 e. The standard InChI is InChI=1S/C27H26N2O6S/c1-5-35-27(32)19-10-11-23-21(14-19)29(26(31)20-8-6-7-9-22(20)36(23,33)34)15-24(30)28-25-17(3)12-16(2)13-18(25)4/h6-14H,5,15H2,1-4H3,(H,28,30). The van der Waals surface area contributed by atoms with Crippen LogP contribution >= 0.6 is 0 Å². The van der Waals surface area contributed by atoms with E-state index in [1.807, 2.05) is 32.9 Å². The van der Waals surface area contributed by atoms with Gasteiger partial charge in [-0.2, -0.15) is 0 Å². The molecule has 3 aromatic carbocycles. The third-order valence-corrected chi connectivity index (χ3v) is 7.80. The molecule has 0 atom stereocenters. The van der Waals surface area contributed by atoms with Crippen LogP contribution in [0, 0.1) is 20.8 Å². The molecule has 0 spiro atoms. The topological polar surface area (TPSA) is 110 Å².